The highest BCUT2D eigenvalue weighted by Crippen LogP contribution is 2.31. The van der Waals surface area contributed by atoms with E-state index in [1.54, 1.807) is 0 Å². The van der Waals surface area contributed by atoms with E-state index in [2.05, 4.69) is 42.7 Å². The van der Waals surface area contributed by atoms with Gasteiger partial charge in [-0.1, -0.05) is 0 Å². The lowest BCUT2D eigenvalue weighted by Gasteiger charge is -2.39. The van der Waals surface area contributed by atoms with Gasteiger partial charge in [0.05, 0.1) is 44.5 Å². The molecule has 31 heavy (non-hydrogen) atoms. The lowest BCUT2D eigenvalue weighted by atomic mass is 10.2. The van der Waals surface area contributed by atoms with Crippen molar-refractivity contribution in [1.29, 1.82) is 0 Å². The molecule has 3 saturated heterocycles. The van der Waals surface area contributed by atoms with Crippen LogP contribution in [0, 0.1) is 0 Å². The summed E-state index contributed by atoms with van der Waals surface area (Å²) in [4.78, 5) is 16.8. The zero-order valence-corrected chi connectivity index (χ0v) is 17.2. The molecule has 2 N–H and O–H groups in total. The predicted molar refractivity (Wildman–Crippen MR) is 113 cm³/mol. The summed E-state index contributed by atoms with van der Waals surface area (Å²) < 4.78 is 18.1. The Kier molecular flexibility index (Phi) is 4.88. The molecule has 0 radical (unpaired) electrons. The molecule has 1 unspecified atom stereocenters. The van der Waals surface area contributed by atoms with Crippen molar-refractivity contribution in [2.45, 2.75) is 18.6 Å². The number of nitrogens with zero attached hydrogens (tertiary/aromatic N) is 5. The number of pyridine rings is 1. The average molecular weight is 426 g/mol. The Morgan fingerprint density at radius 3 is 2.61 bits per heavy atom. The van der Waals surface area contributed by atoms with E-state index in [1.165, 1.54) is 0 Å². The van der Waals surface area contributed by atoms with E-state index in [0.29, 0.717) is 19.3 Å². The summed E-state index contributed by atoms with van der Waals surface area (Å²) in [6.07, 6.45) is 4.90. The first kappa shape index (κ1) is 19.2. The van der Waals surface area contributed by atoms with Crippen molar-refractivity contribution in [3.05, 3.63) is 30.9 Å². The number of ether oxygens (including phenoxy) is 3. The number of nitrogens with one attached hydrogen (secondary N) is 1. The molecule has 3 aromatic heterocycles. The number of rotatable bonds is 6. The fourth-order valence-electron chi connectivity index (χ4n) is 4.23. The van der Waals surface area contributed by atoms with E-state index in [1.807, 2.05) is 17.4 Å². The second-order valence-electron chi connectivity index (χ2n) is 8.32. The van der Waals surface area contributed by atoms with E-state index in [-0.39, 0.29) is 6.10 Å². The molecule has 6 rings (SSSR count). The van der Waals surface area contributed by atoms with Crippen LogP contribution in [0.3, 0.4) is 0 Å². The van der Waals surface area contributed by atoms with Gasteiger partial charge in [-0.05, 0) is 12.1 Å². The van der Waals surface area contributed by atoms with Crippen LogP contribution in [-0.4, -0.2) is 94.6 Å². The van der Waals surface area contributed by atoms with Crippen LogP contribution in [0.4, 0.5) is 5.69 Å². The van der Waals surface area contributed by atoms with Crippen molar-refractivity contribution in [2.75, 3.05) is 57.5 Å². The Balaban J connectivity index is 1.18. The molecular formula is C21H26N6O4. The number of aliphatic hydroxyl groups excluding tert-OH is 1. The smallest absolute Gasteiger partial charge is 0.216 e. The van der Waals surface area contributed by atoms with Gasteiger partial charge in [-0.2, -0.15) is 0 Å². The number of imidazole rings is 1. The first-order valence-corrected chi connectivity index (χ1v) is 10.7. The van der Waals surface area contributed by atoms with Gasteiger partial charge in [0.25, 0.3) is 0 Å². The van der Waals surface area contributed by atoms with Gasteiger partial charge in [-0.25, -0.2) is 9.97 Å². The second-order valence-corrected chi connectivity index (χ2v) is 8.32. The molecule has 0 bridgehead atoms. The minimum atomic E-state index is -0.872. The van der Waals surface area contributed by atoms with Crippen molar-refractivity contribution in [1.82, 2.24) is 24.4 Å². The van der Waals surface area contributed by atoms with Gasteiger partial charge in [0, 0.05) is 49.6 Å². The number of aromatic amines is 1. The molecule has 0 saturated carbocycles. The number of hydrogen-bond acceptors (Lipinski definition) is 8. The summed E-state index contributed by atoms with van der Waals surface area (Å²) in [6, 6.07) is 4.56. The lowest BCUT2D eigenvalue weighted by Crippen LogP contribution is -2.53. The third kappa shape index (κ3) is 3.60. The summed E-state index contributed by atoms with van der Waals surface area (Å²) >= 11 is 0. The van der Waals surface area contributed by atoms with Crippen LogP contribution in [-0.2, 0) is 14.2 Å². The maximum atomic E-state index is 10.3. The van der Waals surface area contributed by atoms with Crippen molar-refractivity contribution in [3.8, 4) is 11.4 Å². The summed E-state index contributed by atoms with van der Waals surface area (Å²) in [7, 11) is 0. The minimum absolute atomic E-state index is 0.00595. The average Bonchev–Trinajstić information content (AvgIpc) is 3.36. The minimum Gasteiger partial charge on any atom is -0.377 e. The number of aromatic nitrogens is 4. The molecule has 0 spiro atoms. The number of aliphatic hydroxyl groups is 1. The van der Waals surface area contributed by atoms with Crippen LogP contribution in [0.2, 0.25) is 0 Å². The van der Waals surface area contributed by atoms with Crippen molar-refractivity contribution in [2.24, 2.45) is 0 Å². The van der Waals surface area contributed by atoms with Gasteiger partial charge in [0.15, 0.2) is 0 Å². The Bertz CT molecular complexity index is 1050. The molecule has 0 aromatic carbocycles. The van der Waals surface area contributed by atoms with E-state index in [0.717, 1.165) is 67.5 Å². The van der Waals surface area contributed by atoms with E-state index < -0.39 is 6.41 Å². The lowest BCUT2D eigenvalue weighted by molar-refractivity contribution is -0.262. The van der Waals surface area contributed by atoms with Crippen LogP contribution in [0.5, 0.6) is 0 Å². The number of hydrogen-bond donors (Lipinski definition) is 2. The quantitative estimate of drug-likeness (QED) is 0.559. The highest BCUT2D eigenvalue weighted by molar-refractivity contribution is 5.93. The highest BCUT2D eigenvalue weighted by atomic mass is 16.7. The Morgan fingerprint density at radius 2 is 1.90 bits per heavy atom. The molecule has 3 aliphatic rings. The molecular weight excluding hydrogens is 400 g/mol. The summed E-state index contributed by atoms with van der Waals surface area (Å²) in [5.41, 5.74) is 3.85. The van der Waals surface area contributed by atoms with Crippen molar-refractivity contribution < 1.29 is 19.3 Å². The Hall–Kier alpha value is -2.50. The van der Waals surface area contributed by atoms with E-state index in [4.69, 9.17) is 14.2 Å². The number of piperazine rings is 1. The number of H-pyrrole nitrogens is 1. The Labute approximate surface area is 179 Å². The van der Waals surface area contributed by atoms with E-state index >= 15 is 0 Å². The molecule has 0 aliphatic carbocycles. The summed E-state index contributed by atoms with van der Waals surface area (Å²) in [5, 5.41) is 11.4. The number of fused-ring (bicyclic) bond motifs is 1. The van der Waals surface area contributed by atoms with Gasteiger partial charge in [0.2, 0.25) is 6.41 Å². The van der Waals surface area contributed by atoms with Crippen LogP contribution in [0.1, 0.15) is 6.04 Å². The van der Waals surface area contributed by atoms with Gasteiger partial charge in [0.1, 0.15) is 17.4 Å². The molecule has 3 aliphatic heterocycles. The normalized spacial score (nSPS) is 21.9. The first-order valence-electron chi connectivity index (χ1n) is 10.7. The van der Waals surface area contributed by atoms with Crippen molar-refractivity contribution in [3.63, 3.8) is 0 Å². The molecule has 164 valence electrons. The number of anilines is 1. The van der Waals surface area contributed by atoms with Crippen LogP contribution in [0.15, 0.2) is 30.9 Å². The highest BCUT2D eigenvalue weighted by Gasteiger charge is 2.29. The van der Waals surface area contributed by atoms with Crippen LogP contribution >= 0.6 is 0 Å². The maximum absolute atomic E-state index is 10.3. The second kappa shape index (κ2) is 7.88. The predicted octanol–water partition coefficient (Wildman–Crippen LogP) is 0.811. The van der Waals surface area contributed by atoms with Gasteiger partial charge in [-0.3, -0.25) is 4.90 Å². The zero-order chi connectivity index (χ0) is 20.8. The Morgan fingerprint density at radius 1 is 1.10 bits per heavy atom. The molecule has 0 amide bonds. The summed E-state index contributed by atoms with van der Waals surface area (Å²) in [6.45, 7) is 5.67. The van der Waals surface area contributed by atoms with Gasteiger partial charge < -0.3 is 33.8 Å². The topological polar surface area (TPSA) is 101 Å². The standard InChI is InChI=1S/C21H26N6O4/c28-21(31-15-11-30-12-15)26-5-3-25(4-6-26)19-1-2-22-20-16(19)7-17(24-20)18-8-27(13-23-18)14-9-29-10-14/h1-2,7-8,13-15,21,28H,3-6,9-12H2,(H,22,24). The van der Waals surface area contributed by atoms with Gasteiger partial charge >= 0.3 is 0 Å². The largest absolute Gasteiger partial charge is 0.377 e. The molecule has 6 heterocycles. The van der Waals surface area contributed by atoms with Crippen molar-refractivity contribution >= 4 is 16.7 Å². The molecule has 10 heteroatoms. The van der Waals surface area contributed by atoms with Gasteiger partial charge in [-0.15, -0.1) is 0 Å². The summed E-state index contributed by atoms with van der Waals surface area (Å²) in [5.74, 6) is 0. The monoisotopic (exact) mass is 426 g/mol. The fourth-order valence-corrected chi connectivity index (χ4v) is 4.23. The maximum Gasteiger partial charge on any atom is 0.216 e. The third-order valence-corrected chi connectivity index (χ3v) is 6.32. The molecule has 3 fully saturated rings. The molecule has 10 nitrogen and oxygen atoms in total. The molecule has 1 atom stereocenters. The zero-order valence-electron chi connectivity index (χ0n) is 17.2. The van der Waals surface area contributed by atoms with Crippen LogP contribution in [0.25, 0.3) is 22.4 Å². The van der Waals surface area contributed by atoms with E-state index in [9.17, 15) is 5.11 Å². The third-order valence-electron chi connectivity index (χ3n) is 6.32. The van der Waals surface area contributed by atoms with Crippen LogP contribution < -0.4 is 4.90 Å². The SMILES string of the molecule is OC(OC1COC1)N1CCN(c2ccnc3[nH]c(-c4cn(C5COC5)cn4)cc23)CC1. The molecule has 3 aromatic rings. The fraction of sp³-hybridized carbons (Fsp3) is 0.524. The first-order chi connectivity index (χ1) is 15.2.